The Morgan fingerprint density at radius 3 is 3.00 bits per heavy atom. The van der Waals surface area contributed by atoms with Crippen molar-refractivity contribution in [3.8, 4) is 0 Å². The van der Waals surface area contributed by atoms with Crippen LogP contribution in [0.5, 0.6) is 0 Å². The second kappa shape index (κ2) is 5.63. The highest BCUT2D eigenvalue weighted by Crippen LogP contribution is 2.11. The number of hydrogen-bond acceptors (Lipinski definition) is 4. The Kier molecular flexibility index (Phi) is 3.93. The Balaban J connectivity index is 1.92. The molecule has 2 aromatic rings. The zero-order chi connectivity index (χ0) is 12.1. The highest BCUT2D eigenvalue weighted by molar-refractivity contribution is 6.29. The Bertz CT molecular complexity index is 469. The van der Waals surface area contributed by atoms with Crippen LogP contribution in [0.2, 0.25) is 5.15 Å². The van der Waals surface area contributed by atoms with E-state index in [9.17, 15) is 0 Å². The molecule has 2 heterocycles. The van der Waals surface area contributed by atoms with Crippen LogP contribution in [0.25, 0.3) is 0 Å². The Morgan fingerprint density at radius 1 is 1.41 bits per heavy atom. The van der Waals surface area contributed by atoms with Gasteiger partial charge in [-0.3, -0.25) is 0 Å². The molecule has 0 fully saturated rings. The minimum atomic E-state index is 0.474. The molecule has 0 saturated heterocycles. The third-order valence-corrected chi connectivity index (χ3v) is 2.49. The van der Waals surface area contributed by atoms with Crippen LogP contribution in [0.3, 0.4) is 0 Å². The molecule has 0 amide bonds. The lowest BCUT2D eigenvalue weighted by atomic mass is 10.4. The van der Waals surface area contributed by atoms with E-state index in [1.54, 1.807) is 18.6 Å². The standard InChI is InChI=1S/C11H14ClN5/c1-2-10-15-9(12)7-11(16-10)14-4-6-17-5-3-13-8-17/h3,5,7-8H,2,4,6H2,1H3,(H,14,15,16). The largest absolute Gasteiger partial charge is 0.368 e. The van der Waals surface area contributed by atoms with Gasteiger partial charge in [-0.25, -0.2) is 15.0 Å². The fourth-order valence-electron chi connectivity index (χ4n) is 1.45. The second-order valence-electron chi connectivity index (χ2n) is 3.57. The molecule has 0 unspecified atom stereocenters. The SMILES string of the molecule is CCc1nc(Cl)cc(NCCn2ccnc2)n1. The zero-order valence-electron chi connectivity index (χ0n) is 9.60. The van der Waals surface area contributed by atoms with Crippen LogP contribution >= 0.6 is 11.6 Å². The predicted octanol–water partition coefficient (Wildman–Crippen LogP) is 2.00. The van der Waals surface area contributed by atoms with E-state index in [1.807, 2.05) is 17.7 Å². The van der Waals surface area contributed by atoms with E-state index in [4.69, 9.17) is 11.6 Å². The minimum absolute atomic E-state index is 0.474. The number of hydrogen-bond donors (Lipinski definition) is 1. The molecule has 2 rings (SSSR count). The molecule has 90 valence electrons. The average molecular weight is 252 g/mol. The molecule has 0 atom stereocenters. The van der Waals surface area contributed by atoms with Gasteiger partial charge < -0.3 is 9.88 Å². The van der Waals surface area contributed by atoms with Crippen molar-refractivity contribution in [1.29, 1.82) is 0 Å². The maximum absolute atomic E-state index is 5.90. The van der Waals surface area contributed by atoms with Crippen molar-refractivity contribution < 1.29 is 0 Å². The molecule has 6 heteroatoms. The summed E-state index contributed by atoms with van der Waals surface area (Å²) in [5, 5.41) is 3.69. The van der Waals surface area contributed by atoms with E-state index < -0.39 is 0 Å². The monoisotopic (exact) mass is 251 g/mol. The summed E-state index contributed by atoms with van der Waals surface area (Å²) >= 11 is 5.90. The predicted molar refractivity (Wildman–Crippen MR) is 67.1 cm³/mol. The molecule has 2 aromatic heterocycles. The van der Waals surface area contributed by atoms with Gasteiger partial charge in [0.1, 0.15) is 16.8 Å². The lowest BCUT2D eigenvalue weighted by Crippen LogP contribution is -2.11. The van der Waals surface area contributed by atoms with E-state index in [0.29, 0.717) is 5.15 Å². The first-order chi connectivity index (χ1) is 8.28. The summed E-state index contributed by atoms with van der Waals surface area (Å²) in [5.41, 5.74) is 0. The quantitative estimate of drug-likeness (QED) is 0.826. The van der Waals surface area contributed by atoms with Gasteiger partial charge >= 0.3 is 0 Å². The first-order valence-electron chi connectivity index (χ1n) is 5.51. The number of rotatable bonds is 5. The summed E-state index contributed by atoms with van der Waals surface area (Å²) in [5.74, 6) is 1.52. The van der Waals surface area contributed by atoms with Crippen molar-refractivity contribution >= 4 is 17.4 Å². The van der Waals surface area contributed by atoms with Crippen molar-refractivity contribution in [3.05, 3.63) is 35.8 Å². The molecular formula is C11H14ClN5. The van der Waals surface area contributed by atoms with E-state index in [1.165, 1.54) is 0 Å². The molecule has 0 aromatic carbocycles. The highest BCUT2D eigenvalue weighted by atomic mass is 35.5. The molecule has 5 nitrogen and oxygen atoms in total. The van der Waals surface area contributed by atoms with Gasteiger partial charge in [0.2, 0.25) is 0 Å². The van der Waals surface area contributed by atoms with Gasteiger partial charge in [-0.05, 0) is 0 Å². The smallest absolute Gasteiger partial charge is 0.134 e. The third-order valence-electron chi connectivity index (χ3n) is 2.29. The minimum Gasteiger partial charge on any atom is -0.368 e. The normalized spacial score (nSPS) is 10.5. The van der Waals surface area contributed by atoms with Gasteiger partial charge in [-0.2, -0.15) is 0 Å². The highest BCUT2D eigenvalue weighted by Gasteiger charge is 2.01. The number of aryl methyl sites for hydroxylation is 1. The second-order valence-corrected chi connectivity index (χ2v) is 3.96. The summed E-state index contributed by atoms with van der Waals surface area (Å²) < 4.78 is 2.00. The van der Waals surface area contributed by atoms with Crippen LogP contribution in [-0.2, 0) is 13.0 Å². The number of aromatic nitrogens is 4. The average Bonchev–Trinajstić information content (AvgIpc) is 2.81. The van der Waals surface area contributed by atoms with Gasteiger partial charge in [0.25, 0.3) is 0 Å². The first kappa shape index (κ1) is 11.9. The third kappa shape index (κ3) is 3.42. The van der Waals surface area contributed by atoms with Crippen molar-refractivity contribution in [2.24, 2.45) is 0 Å². The van der Waals surface area contributed by atoms with Gasteiger partial charge in [-0.15, -0.1) is 0 Å². The molecule has 0 bridgehead atoms. The van der Waals surface area contributed by atoms with E-state index in [0.717, 1.165) is 31.2 Å². The lowest BCUT2D eigenvalue weighted by molar-refractivity contribution is 0.724. The van der Waals surface area contributed by atoms with Gasteiger partial charge in [0.15, 0.2) is 0 Å². The topological polar surface area (TPSA) is 55.6 Å². The molecule has 0 aliphatic rings. The molecular weight excluding hydrogens is 238 g/mol. The maximum Gasteiger partial charge on any atom is 0.134 e. The number of anilines is 1. The van der Waals surface area contributed by atoms with Gasteiger partial charge in [0.05, 0.1) is 6.33 Å². The van der Waals surface area contributed by atoms with Crippen LogP contribution in [0, 0.1) is 0 Å². The van der Waals surface area contributed by atoms with Gasteiger partial charge in [0, 0.05) is 38.0 Å². The van der Waals surface area contributed by atoms with E-state index in [-0.39, 0.29) is 0 Å². The summed E-state index contributed by atoms with van der Waals surface area (Å²) in [7, 11) is 0. The lowest BCUT2D eigenvalue weighted by Gasteiger charge is -2.07. The van der Waals surface area contributed by atoms with Crippen molar-refractivity contribution in [2.75, 3.05) is 11.9 Å². The Morgan fingerprint density at radius 2 is 2.29 bits per heavy atom. The van der Waals surface area contributed by atoms with Gasteiger partial charge in [-0.1, -0.05) is 18.5 Å². The van der Waals surface area contributed by atoms with Crippen LogP contribution in [-0.4, -0.2) is 26.1 Å². The number of halogens is 1. The number of nitrogens with zero attached hydrogens (tertiary/aromatic N) is 4. The van der Waals surface area contributed by atoms with Crippen LogP contribution in [0.15, 0.2) is 24.8 Å². The number of imidazole rings is 1. The van der Waals surface area contributed by atoms with Crippen molar-refractivity contribution in [3.63, 3.8) is 0 Å². The Hall–Kier alpha value is -1.62. The summed E-state index contributed by atoms with van der Waals surface area (Å²) in [6, 6.07) is 1.73. The molecule has 0 saturated carbocycles. The van der Waals surface area contributed by atoms with Crippen molar-refractivity contribution in [1.82, 2.24) is 19.5 Å². The molecule has 0 aliphatic heterocycles. The zero-order valence-corrected chi connectivity index (χ0v) is 10.4. The maximum atomic E-state index is 5.90. The fraction of sp³-hybridized carbons (Fsp3) is 0.364. The summed E-state index contributed by atoms with van der Waals surface area (Å²) in [6.45, 7) is 3.61. The molecule has 0 aliphatic carbocycles. The number of nitrogens with one attached hydrogen (secondary N) is 1. The molecule has 0 radical (unpaired) electrons. The van der Waals surface area contributed by atoms with Crippen molar-refractivity contribution in [2.45, 2.75) is 19.9 Å². The van der Waals surface area contributed by atoms with E-state index >= 15 is 0 Å². The van der Waals surface area contributed by atoms with Crippen LogP contribution in [0.4, 0.5) is 5.82 Å². The van der Waals surface area contributed by atoms with Crippen LogP contribution < -0.4 is 5.32 Å². The molecule has 17 heavy (non-hydrogen) atoms. The molecule has 1 N–H and O–H groups in total. The van der Waals surface area contributed by atoms with Crippen LogP contribution in [0.1, 0.15) is 12.7 Å². The summed E-state index contributed by atoms with van der Waals surface area (Å²) in [4.78, 5) is 12.4. The molecule has 0 spiro atoms. The first-order valence-corrected chi connectivity index (χ1v) is 5.89. The summed E-state index contributed by atoms with van der Waals surface area (Å²) in [6.07, 6.45) is 6.24. The Labute approximate surface area is 105 Å². The van der Waals surface area contributed by atoms with E-state index in [2.05, 4.69) is 20.3 Å². The fourth-order valence-corrected chi connectivity index (χ4v) is 1.65.